The maximum Gasteiger partial charge on any atom is 0.253 e. The van der Waals surface area contributed by atoms with Gasteiger partial charge in [0.1, 0.15) is 0 Å². The van der Waals surface area contributed by atoms with Gasteiger partial charge in [-0.05, 0) is 32.0 Å². The van der Waals surface area contributed by atoms with Gasteiger partial charge in [0.25, 0.3) is 11.8 Å². The van der Waals surface area contributed by atoms with E-state index in [0.29, 0.717) is 23.2 Å². The van der Waals surface area contributed by atoms with Gasteiger partial charge in [-0.3, -0.25) is 14.4 Å². The van der Waals surface area contributed by atoms with Crippen molar-refractivity contribution in [3.8, 4) is 0 Å². The van der Waals surface area contributed by atoms with Crippen LogP contribution in [0.1, 0.15) is 43.6 Å². The van der Waals surface area contributed by atoms with E-state index in [4.69, 9.17) is 0 Å². The normalized spacial score (nSPS) is 24.5. The molecule has 4 rings (SSSR count). The Labute approximate surface area is 152 Å². The first-order valence-electron chi connectivity index (χ1n) is 8.71. The molecule has 1 N–H and O–H groups in total. The van der Waals surface area contributed by atoms with E-state index in [1.165, 1.54) is 0 Å². The van der Waals surface area contributed by atoms with Crippen molar-refractivity contribution in [1.82, 2.24) is 10.2 Å². The number of fused-ring (bicyclic) bond motifs is 2. The number of hydrogen-bond donors (Lipinski definition) is 1. The van der Waals surface area contributed by atoms with Crippen molar-refractivity contribution >= 4 is 17.6 Å². The second kappa shape index (κ2) is 5.80. The SMILES string of the molecule is Cc1ccc(C(=O)N2C[C@H]3NC(=O)c4ccccc4C(=O)[C@@]3(C)C2)cc1. The van der Waals surface area contributed by atoms with Crippen LogP contribution in [0.25, 0.3) is 0 Å². The average molecular weight is 348 g/mol. The van der Waals surface area contributed by atoms with Crippen LogP contribution in [0.15, 0.2) is 48.5 Å². The molecule has 132 valence electrons. The first-order valence-corrected chi connectivity index (χ1v) is 8.71. The zero-order valence-corrected chi connectivity index (χ0v) is 14.8. The van der Waals surface area contributed by atoms with Crippen molar-refractivity contribution in [2.75, 3.05) is 13.1 Å². The minimum absolute atomic E-state index is 0.0874. The van der Waals surface area contributed by atoms with Gasteiger partial charge in [0.05, 0.1) is 17.0 Å². The van der Waals surface area contributed by atoms with Crippen LogP contribution in [-0.4, -0.2) is 41.6 Å². The van der Waals surface area contributed by atoms with E-state index < -0.39 is 11.5 Å². The highest BCUT2D eigenvalue weighted by Gasteiger charge is 2.52. The van der Waals surface area contributed by atoms with Crippen LogP contribution in [0.5, 0.6) is 0 Å². The molecule has 1 saturated heterocycles. The molecule has 0 bridgehead atoms. The van der Waals surface area contributed by atoms with E-state index in [9.17, 15) is 14.4 Å². The Morgan fingerprint density at radius 2 is 1.73 bits per heavy atom. The van der Waals surface area contributed by atoms with Crippen LogP contribution in [0, 0.1) is 12.3 Å². The number of nitrogens with zero attached hydrogens (tertiary/aromatic N) is 1. The molecule has 0 unspecified atom stereocenters. The molecule has 0 radical (unpaired) electrons. The number of nitrogens with one attached hydrogen (secondary N) is 1. The van der Waals surface area contributed by atoms with Gasteiger partial charge in [0.2, 0.25) is 0 Å². The molecule has 0 aromatic heterocycles. The van der Waals surface area contributed by atoms with Gasteiger partial charge in [-0.1, -0.05) is 35.9 Å². The summed E-state index contributed by atoms with van der Waals surface area (Å²) in [5.74, 6) is -0.461. The predicted molar refractivity (Wildman–Crippen MR) is 97.2 cm³/mol. The number of aryl methyl sites for hydroxylation is 1. The van der Waals surface area contributed by atoms with Gasteiger partial charge in [-0.25, -0.2) is 0 Å². The van der Waals surface area contributed by atoms with Crippen LogP contribution in [0.3, 0.4) is 0 Å². The standard InChI is InChI=1S/C21H20N2O3/c1-13-7-9-14(10-8-13)20(26)23-11-17-21(2,12-23)18(24)15-5-3-4-6-16(15)19(25)22-17/h3-10,17H,11-12H2,1-2H3,(H,22,25)/t17-,21+/m1/s1. The molecule has 26 heavy (non-hydrogen) atoms. The van der Waals surface area contributed by atoms with Gasteiger partial charge in [0.15, 0.2) is 5.78 Å². The first-order chi connectivity index (χ1) is 12.4. The van der Waals surface area contributed by atoms with Gasteiger partial charge in [-0.15, -0.1) is 0 Å². The van der Waals surface area contributed by atoms with Crippen molar-refractivity contribution < 1.29 is 14.4 Å². The summed E-state index contributed by atoms with van der Waals surface area (Å²) in [5.41, 5.74) is 1.68. The Morgan fingerprint density at radius 3 is 2.42 bits per heavy atom. The Morgan fingerprint density at radius 1 is 1.08 bits per heavy atom. The predicted octanol–water partition coefficient (Wildman–Crippen LogP) is 2.45. The fourth-order valence-corrected chi connectivity index (χ4v) is 3.88. The lowest BCUT2D eigenvalue weighted by Gasteiger charge is -2.26. The highest BCUT2D eigenvalue weighted by atomic mass is 16.2. The molecule has 0 saturated carbocycles. The summed E-state index contributed by atoms with van der Waals surface area (Å²) in [4.78, 5) is 40.3. The van der Waals surface area contributed by atoms with E-state index in [1.54, 1.807) is 41.3 Å². The van der Waals surface area contributed by atoms with Crippen LogP contribution in [0.4, 0.5) is 0 Å². The Balaban J connectivity index is 1.68. The number of ketones is 1. The zero-order valence-electron chi connectivity index (χ0n) is 14.8. The van der Waals surface area contributed by atoms with Crippen LogP contribution >= 0.6 is 0 Å². The molecule has 2 aromatic carbocycles. The monoisotopic (exact) mass is 348 g/mol. The molecule has 2 aromatic rings. The Bertz CT molecular complexity index is 919. The summed E-state index contributed by atoms with van der Waals surface area (Å²) < 4.78 is 0. The lowest BCUT2D eigenvalue weighted by atomic mass is 9.78. The lowest BCUT2D eigenvalue weighted by Crippen LogP contribution is -2.47. The zero-order chi connectivity index (χ0) is 18.5. The van der Waals surface area contributed by atoms with Crippen LogP contribution in [0.2, 0.25) is 0 Å². The number of rotatable bonds is 1. The number of likely N-dealkylation sites (tertiary alicyclic amines) is 1. The third-order valence-corrected chi connectivity index (χ3v) is 5.52. The van der Waals surface area contributed by atoms with E-state index in [1.807, 2.05) is 26.0 Å². The highest BCUT2D eigenvalue weighted by molar-refractivity contribution is 6.13. The first kappa shape index (κ1) is 16.5. The highest BCUT2D eigenvalue weighted by Crippen LogP contribution is 2.37. The summed E-state index contributed by atoms with van der Waals surface area (Å²) in [6, 6.07) is 13.9. The molecule has 5 heteroatoms. The summed E-state index contributed by atoms with van der Waals surface area (Å²) in [6.07, 6.45) is 0. The molecule has 2 amide bonds. The molecule has 5 nitrogen and oxygen atoms in total. The largest absolute Gasteiger partial charge is 0.346 e. The number of amides is 2. The summed E-state index contributed by atoms with van der Waals surface area (Å²) in [7, 11) is 0. The molecular formula is C21H20N2O3. The topological polar surface area (TPSA) is 66.5 Å². The summed E-state index contributed by atoms with van der Waals surface area (Å²) in [5, 5.41) is 2.96. The fraction of sp³-hybridized carbons (Fsp3) is 0.286. The lowest BCUT2D eigenvalue weighted by molar-refractivity contribution is 0.0740. The minimum Gasteiger partial charge on any atom is -0.346 e. The van der Waals surface area contributed by atoms with E-state index in [0.717, 1.165) is 5.56 Å². The molecule has 0 spiro atoms. The quantitative estimate of drug-likeness (QED) is 0.861. The van der Waals surface area contributed by atoms with E-state index in [-0.39, 0.29) is 24.1 Å². The summed E-state index contributed by atoms with van der Waals surface area (Å²) in [6.45, 7) is 4.42. The van der Waals surface area contributed by atoms with Crippen molar-refractivity contribution in [1.29, 1.82) is 0 Å². The third kappa shape index (κ3) is 2.43. The van der Waals surface area contributed by atoms with Gasteiger partial charge < -0.3 is 10.2 Å². The number of benzene rings is 2. The fourth-order valence-electron chi connectivity index (χ4n) is 3.88. The molecule has 0 aliphatic carbocycles. The second-order valence-corrected chi connectivity index (χ2v) is 7.37. The molecule has 2 heterocycles. The number of hydrogen-bond acceptors (Lipinski definition) is 3. The van der Waals surface area contributed by atoms with Gasteiger partial charge in [-0.2, -0.15) is 0 Å². The third-order valence-electron chi connectivity index (χ3n) is 5.52. The maximum absolute atomic E-state index is 13.2. The number of Topliss-reactive ketones (excluding diaryl/α,β-unsaturated/α-hetero) is 1. The molecule has 2 atom stereocenters. The molecule has 2 aliphatic rings. The number of carbonyl (C=O) groups excluding carboxylic acids is 3. The maximum atomic E-state index is 13.2. The molecular weight excluding hydrogens is 328 g/mol. The molecule has 1 fully saturated rings. The Kier molecular flexibility index (Phi) is 3.68. The summed E-state index contributed by atoms with van der Waals surface area (Å²) >= 11 is 0. The van der Waals surface area contributed by atoms with Crippen LogP contribution < -0.4 is 5.32 Å². The van der Waals surface area contributed by atoms with Crippen LogP contribution in [-0.2, 0) is 0 Å². The van der Waals surface area contributed by atoms with Crippen molar-refractivity contribution in [3.05, 3.63) is 70.8 Å². The molecule has 2 aliphatic heterocycles. The van der Waals surface area contributed by atoms with Gasteiger partial charge in [0, 0.05) is 24.2 Å². The van der Waals surface area contributed by atoms with E-state index in [2.05, 4.69) is 5.32 Å². The average Bonchev–Trinajstić information content (AvgIpc) is 2.95. The Hall–Kier alpha value is -2.95. The van der Waals surface area contributed by atoms with Crippen molar-refractivity contribution in [2.24, 2.45) is 5.41 Å². The van der Waals surface area contributed by atoms with E-state index >= 15 is 0 Å². The van der Waals surface area contributed by atoms with Crippen molar-refractivity contribution in [2.45, 2.75) is 19.9 Å². The minimum atomic E-state index is -0.831. The second-order valence-electron chi connectivity index (χ2n) is 7.37. The van der Waals surface area contributed by atoms with Crippen molar-refractivity contribution in [3.63, 3.8) is 0 Å². The smallest absolute Gasteiger partial charge is 0.253 e. The number of carbonyl (C=O) groups is 3. The van der Waals surface area contributed by atoms with Gasteiger partial charge >= 0.3 is 0 Å².